The topological polar surface area (TPSA) is 64.3 Å². The van der Waals surface area contributed by atoms with Crippen LogP contribution in [0.25, 0.3) is 0 Å². The number of primary amides is 1. The highest BCUT2D eigenvalue weighted by molar-refractivity contribution is 5.74. The minimum Gasteiger partial charge on any atom is -0.489 e. The van der Waals surface area contributed by atoms with Crippen molar-refractivity contribution in [1.29, 1.82) is 0 Å². The number of anilines is 1. The van der Waals surface area contributed by atoms with Gasteiger partial charge in [0.05, 0.1) is 11.8 Å². The van der Waals surface area contributed by atoms with E-state index < -0.39 is 0 Å². The van der Waals surface area contributed by atoms with Gasteiger partial charge in [-0.1, -0.05) is 12.1 Å². The second-order valence-corrected chi connectivity index (χ2v) is 3.81. The zero-order chi connectivity index (χ0) is 12.0. The first-order chi connectivity index (χ1) is 7.59. The average molecular weight is 222 g/mol. The highest BCUT2D eigenvalue weighted by Gasteiger charge is 2.04. The molecule has 1 amide bonds. The fourth-order valence-corrected chi connectivity index (χ4v) is 1.29. The summed E-state index contributed by atoms with van der Waals surface area (Å²) < 4.78 is 5.62. The smallest absolute Gasteiger partial charge is 0.219 e. The second kappa shape index (κ2) is 6.00. The van der Waals surface area contributed by atoms with Crippen molar-refractivity contribution in [2.24, 2.45) is 5.73 Å². The monoisotopic (exact) mass is 222 g/mol. The normalized spacial score (nSPS) is 10.2. The Morgan fingerprint density at radius 1 is 1.44 bits per heavy atom. The molecule has 4 nitrogen and oxygen atoms in total. The average Bonchev–Trinajstić information content (AvgIpc) is 2.19. The lowest BCUT2D eigenvalue weighted by Gasteiger charge is -2.14. The lowest BCUT2D eigenvalue weighted by molar-refractivity contribution is -0.117. The number of carbonyl (C=O) groups is 1. The molecular weight excluding hydrogens is 204 g/mol. The number of rotatable bonds is 6. The second-order valence-electron chi connectivity index (χ2n) is 3.81. The van der Waals surface area contributed by atoms with Gasteiger partial charge in [-0.2, -0.15) is 0 Å². The van der Waals surface area contributed by atoms with E-state index in [1.807, 2.05) is 38.1 Å². The highest BCUT2D eigenvalue weighted by Crippen LogP contribution is 2.24. The van der Waals surface area contributed by atoms with Gasteiger partial charge in [-0.05, 0) is 26.0 Å². The molecule has 0 bridgehead atoms. The summed E-state index contributed by atoms with van der Waals surface area (Å²) in [6, 6.07) is 7.64. The van der Waals surface area contributed by atoms with E-state index in [1.165, 1.54) is 0 Å². The van der Waals surface area contributed by atoms with Crippen LogP contribution in [0.5, 0.6) is 5.75 Å². The van der Waals surface area contributed by atoms with Gasteiger partial charge >= 0.3 is 0 Å². The van der Waals surface area contributed by atoms with Crippen molar-refractivity contribution in [3.63, 3.8) is 0 Å². The first kappa shape index (κ1) is 12.4. The summed E-state index contributed by atoms with van der Waals surface area (Å²) in [7, 11) is 0. The zero-order valence-corrected chi connectivity index (χ0v) is 9.69. The number of hydrogen-bond acceptors (Lipinski definition) is 3. The van der Waals surface area contributed by atoms with Crippen molar-refractivity contribution >= 4 is 11.6 Å². The Hall–Kier alpha value is -1.71. The summed E-state index contributed by atoms with van der Waals surface area (Å²) in [5.74, 6) is 0.483. The minimum atomic E-state index is -0.310. The molecule has 0 heterocycles. The van der Waals surface area contributed by atoms with Crippen LogP contribution in [0.3, 0.4) is 0 Å². The van der Waals surface area contributed by atoms with Crippen LogP contribution >= 0.6 is 0 Å². The summed E-state index contributed by atoms with van der Waals surface area (Å²) in [5, 5.41) is 3.12. The number of nitrogens with one attached hydrogen (secondary N) is 1. The molecule has 16 heavy (non-hydrogen) atoms. The molecule has 88 valence electrons. The molecule has 0 radical (unpaired) electrons. The standard InChI is InChI=1S/C12H18N2O2/c1-9(2)16-11-6-4-3-5-10(11)14-8-7-12(13)15/h3-6,9,14H,7-8H2,1-2H3,(H2,13,15). The third-order valence-electron chi connectivity index (χ3n) is 1.94. The summed E-state index contributed by atoms with van der Waals surface area (Å²) in [5.41, 5.74) is 5.95. The fourth-order valence-electron chi connectivity index (χ4n) is 1.29. The lowest BCUT2D eigenvalue weighted by Crippen LogP contribution is -2.16. The fraction of sp³-hybridized carbons (Fsp3) is 0.417. The van der Waals surface area contributed by atoms with E-state index in [9.17, 15) is 4.79 Å². The van der Waals surface area contributed by atoms with Gasteiger partial charge < -0.3 is 15.8 Å². The SMILES string of the molecule is CC(C)Oc1ccccc1NCCC(N)=O. The maximum Gasteiger partial charge on any atom is 0.219 e. The van der Waals surface area contributed by atoms with E-state index in [4.69, 9.17) is 10.5 Å². The van der Waals surface area contributed by atoms with Gasteiger partial charge in [-0.3, -0.25) is 4.79 Å². The predicted molar refractivity (Wildman–Crippen MR) is 64.5 cm³/mol. The summed E-state index contributed by atoms with van der Waals surface area (Å²) >= 11 is 0. The van der Waals surface area contributed by atoms with Crippen molar-refractivity contribution < 1.29 is 9.53 Å². The van der Waals surface area contributed by atoms with Crippen molar-refractivity contribution in [2.45, 2.75) is 26.4 Å². The van der Waals surface area contributed by atoms with Crippen LogP contribution in [0, 0.1) is 0 Å². The van der Waals surface area contributed by atoms with E-state index in [0.29, 0.717) is 13.0 Å². The molecule has 4 heteroatoms. The van der Waals surface area contributed by atoms with Crippen molar-refractivity contribution in [3.8, 4) is 5.75 Å². The molecule has 0 aliphatic carbocycles. The number of carbonyl (C=O) groups excluding carboxylic acids is 1. The Bertz CT molecular complexity index is 351. The molecule has 1 aromatic rings. The van der Waals surface area contributed by atoms with Gasteiger partial charge in [0.15, 0.2) is 0 Å². The Kier molecular flexibility index (Phi) is 4.64. The Morgan fingerprint density at radius 3 is 2.75 bits per heavy atom. The van der Waals surface area contributed by atoms with Crippen LogP contribution in [-0.2, 0) is 4.79 Å². The summed E-state index contributed by atoms with van der Waals surface area (Å²) in [6.07, 6.45) is 0.440. The Balaban J connectivity index is 2.60. The van der Waals surface area contributed by atoms with E-state index in [2.05, 4.69) is 5.32 Å². The van der Waals surface area contributed by atoms with Gasteiger partial charge in [0.25, 0.3) is 0 Å². The summed E-state index contributed by atoms with van der Waals surface area (Å²) in [6.45, 7) is 4.47. The van der Waals surface area contributed by atoms with Crippen LogP contribution in [0.15, 0.2) is 24.3 Å². The molecular formula is C12H18N2O2. The number of nitrogens with two attached hydrogens (primary N) is 1. The van der Waals surface area contributed by atoms with Crippen LogP contribution in [-0.4, -0.2) is 18.6 Å². The van der Waals surface area contributed by atoms with E-state index >= 15 is 0 Å². The van der Waals surface area contributed by atoms with Crippen LogP contribution in [0.2, 0.25) is 0 Å². The molecule has 0 aliphatic heterocycles. The third kappa shape index (κ3) is 4.21. The molecule has 0 unspecified atom stereocenters. The van der Waals surface area contributed by atoms with E-state index in [0.717, 1.165) is 11.4 Å². The van der Waals surface area contributed by atoms with Crippen molar-refractivity contribution in [3.05, 3.63) is 24.3 Å². The zero-order valence-electron chi connectivity index (χ0n) is 9.69. The molecule has 0 aromatic heterocycles. The first-order valence-electron chi connectivity index (χ1n) is 5.37. The van der Waals surface area contributed by atoms with Gasteiger partial charge in [0.1, 0.15) is 5.75 Å². The maximum absolute atomic E-state index is 10.6. The Morgan fingerprint density at radius 2 is 2.12 bits per heavy atom. The largest absolute Gasteiger partial charge is 0.489 e. The molecule has 0 spiro atoms. The molecule has 0 saturated carbocycles. The van der Waals surface area contributed by atoms with Crippen LogP contribution < -0.4 is 15.8 Å². The molecule has 0 aliphatic rings. The highest BCUT2D eigenvalue weighted by atomic mass is 16.5. The van der Waals surface area contributed by atoms with Gasteiger partial charge in [-0.25, -0.2) is 0 Å². The van der Waals surface area contributed by atoms with E-state index in [-0.39, 0.29) is 12.0 Å². The van der Waals surface area contributed by atoms with Gasteiger partial charge in [0, 0.05) is 13.0 Å². The quantitative estimate of drug-likeness (QED) is 0.770. The Labute approximate surface area is 95.8 Å². The molecule has 0 saturated heterocycles. The molecule has 0 fully saturated rings. The third-order valence-corrected chi connectivity index (χ3v) is 1.94. The number of amides is 1. The molecule has 1 rings (SSSR count). The number of benzene rings is 1. The molecule has 3 N–H and O–H groups in total. The van der Waals surface area contributed by atoms with Gasteiger partial charge in [0.2, 0.25) is 5.91 Å². The predicted octanol–water partition coefficient (Wildman–Crippen LogP) is 1.76. The lowest BCUT2D eigenvalue weighted by atomic mass is 10.2. The van der Waals surface area contributed by atoms with Crippen LogP contribution in [0.4, 0.5) is 5.69 Å². The van der Waals surface area contributed by atoms with Gasteiger partial charge in [-0.15, -0.1) is 0 Å². The number of hydrogen-bond donors (Lipinski definition) is 2. The molecule has 1 aromatic carbocycles. The van der Waals surface area contributed by atoms with Crippen LogP contribution in [0.1, 0.15) is 20.3 Å². The summed E-state index contributed by atoms with van der Waals surface area (Å²) in [4.78, 5) is 10.6. The maximum atomic E-state index is 10.6. The first-order valence-corrected chi connectivity index (χ1v) is 5.37. The minimum absolute atomic E-state index is 0.124. The molecule has 0 atom stereocenters. The van der Waals surface area contributed by atoms with Crippen molar-refractivity contribution in [2.75, 3.05) is 11.9 Å². The van der Waals surface area contributed by atoms with Crippen molar-refractivity contribution in [1.82, 2.24) is 0 Å². The number of ether oxygens (including phenoxy) is 1. The number of para-hydroxylation sites is 2. The van der Waals surface area contributed by atoms with E-state index in [1.54, 1.807) is 0 Å².